The molecule has 2 aromatic carbocycles. The first kappa shape index (κ1) is 49.8. The third-order valence-corrected chi connectivity index (χ3v) is 10.4. The van der Waals surface area contributed by atoms with Crippen molar-refractivity contribution >= 4 is 47.0 Å². The predicted molar refractivity (Wildman–Crippen MR) is 211 cm³/mol. The van der Waals surface area contributed by atoms with Crippen molar-refractivity contribution in [3.05, 3.63) is 58.1 Å². The number of rotatable bonds is 13. The third kappa shape index (κ3) is 12.8. The number of halogens is 9. The predicted octanol–water partition coefficient (Wildman–Crippen LogP) is 7.89. The molecule has 1 fully saturated rings. The van der Waals surface area contributed by atoms with Gasteiger partial charge in [0.25, 0.3) is 17.7 Å². The van der Waals surface area contributed by atoms with E-state index in [-0.39, 0.29) is 37.9 Å². The first-order chi connectivity index (χ1) is 28.5. The number of hydrogen-bond donors (Lipinski definition) is 1. The molecule has 4 rings (SSSR count). The van der Waals surface area contributed by atoms with Crippen LogP contribution in [0.25, 0.3) is 0 Å². The van der Waals surface area contributed by atoms with Gasteiger partial charge in [0.1, 0.15) is 17.9 Å². The standard InChI is InChI=1S/C41H50ClF8N5O7/c1-23(2)55(35(58)28-19-30-31(20-29(28)41(48,49)50)61-39(6,7)36(59)53(30)17-15-51-34(57)33(43)44)27-13-12-26(54(21-27)37(60)62-38(3,4)5)14-16-52(22-40(45,46)47)32(56)18-24-8-10-25(42)11-9-24/h8-11,19-20,23,26-27,33H,12-18,21-22H2,1-7H3,(H,51,57)/t26-,27-/m1/s1. The minimum atomic E-state index is -5.15. The maximum Gasteiger partial charge on any atom is 0.417 e. The van der Waals surface area contributed by atoms with Gasteiger partial charge in [-0.1, -0.05) is 23.7 Å². The van der Waals surface area contributed by atoms with Gasteiger partial charge >= 0.3 is 24.9 Å². The Morgan fingerprint density at radius 1 is 1.00 bits per heavy atom. The fourth-order valence-corrected chi connectivity index (χ4v) is 7.48. The number of likely N-dealkylation sites (tertiary alicyclic amines) is 1. The van der Waals surface area contributed by atoms with Gasteiger partial charge in [0.15, 0.2) is 5.60 Å². The Labute approximate surface area is 358 Å². The van der Waals surface area contributed by atoms with Crippen molar-refractivity contribution in [2.45, 2.75) is 122 Å². The highest BCUT2D eigenvalue weighted by atomic mass is 35.5. The molecule has 2 aromatic rings. The molecule has 21 heteroatoms. The van der Waals surface area contributed by atoms with Crippen molar-refractivity contribution in [1.82, 2.24) is 20.0 Å². The number of ether oxygens (including phenoxy) is 2. The molecule has 2 atom stereocenters. The fraction of sp³-hybridized carbons (Fsp3) is 0.585. The van der Waals surface area contributed by atoms with Crippen molar-refractivity contribution in [3.8, 4) is 5.75 Å². The molecule has 62 heavy (non-hydrogen) atoms. The molecular formula is C41H50ClF8N5O7. The van der Waals surface area contributed by atoms with Crippen LogP contribution in [0.5, 0.6) is 5.75 Å². The highest BCUT2D eigenvalue weighted by Gasteiger charge is 2.46. The molecular weight excluding hydrogens is 862 g/mol. The second kappa shape index (κ2) is 19.2. The smallest absolute Gasteiger partial charge is 0.417 e. The Morgan fingerprint density at radius 2 is 1.63 bits per heavy atom. The molecule has 2 heterocycles. The van der Waals surface area contributed by atoms with Crippen LogP contribution in [0.3, 0.4) is 0 Å². The summed E-state index contributed by atoms with van der Waals surface area (Å²) in [6, 6.07) is 4.75. The van der Waals surface area contributed by atoms with Crippen LogP contribution in [0.4, 0.5) is 45.6 Å². The maximum atomic E-state index is 14.8. The van der Waals surface area contributed by atoms with Crippen molar-refractivity contribution in [3.63, 3.8) is 0 Å². The fourth-order valence-electron chi connectivity index (χ4n) is 7.36. The molecule has 1 N–H and O–H groups in total. The molecule has 0 unspecified atom stereocenters. The van der Waals surface area contributed by atoms with E-state index in [1.54, 1.807) is 20.8 Å². The zero-order valence-corrected chi connectivity index (χ0v) is 35.9. The van der Waals surface area contributed by atoms with Crippen LogP contribution in [0.1, 0.15) is 89.2 Å². The molecule has 0 aromatic heterocycles. The van der Waals surface area contributed by atoms with Crippen LogP contribution < -0.4 is 15.0 Å². The molecule has 344 valence electrons. The summed E-state index contributed by atoms with van der Waals surface area (Å²) in [7, 11) is 0. The zero-order chi connectivity index (χ0) is 46.7. The average Bonchev–Trinajstić information content (AvgIpc) is 3.13. The quantitative estimate of drug-likeness (QED) is 0.203. The summed E-state index contributed by atoms with van der Waals surface area (Å²) in [5.41, 5.74) is -5.01. The van der Waals surface area contributed by atoms with Crippen molar-refractivity contribution < 1.29 is 68.6 Å². The monoisotopic (exact) mass is 911 g/mol. The van der Waals surface area contributed by atoms with Crippen molar-refractivity contribution in [2.24, 2.45) is 0 Å². The molecule has 1 saturated heterocycles. The SMILES string of the molecule is CC(C)N(C(=O)c1cc2c(cc1C(F)(F)F)OC(C)(C)C(=O)N2CCNC(=O)C(F)F)[C@@H]1CC[C@H](CCN(CC(F)(F)F)C(=O)Cc2ccc(Cl)cc2)N(C(=O)OC(C)(C)C)C1. The van der Waals surface area contributed by atoms with E-state index in [1.165, 1.54) is 56.9 Å². The molecule has 0 aliphatic carbocycles. The van der Waals surface area contributed by atoms with E-state index in [4.69, 9.17) is 21.1 Å². The van der Waals surface area contributed by atoms with Gasteiger partial charge in [-0.3, -0.25) is 19.2 Å². The largest absolute Gasteiger partial charge is 0.476 e. The number of carbonyl (C=O) groups is 5. The molecule has 0 saturated carbocycles. The molecule has 5 amide bonds. The number of nitrogens with one attached hydrogen (secondary N) is 1. The highest BCUT2D eigenvalue weighted by Crippen LogP contribution is 2.44. The van der Waals surface area contributed by atoms with E-state index in [0.717, 1.165) is 15.9 Å². The molecule has 12 nitrogen and oxygen atoms in total. The first-order valence-corrected chi connectivity index (χ1v) is 20.1. The average molecular weight is 912 g/mol. The minimum Gasteiger partial charge on any atom is -0.476 e. The van der Waals surface area contributed by atoms with Crippen LogP contribution in [-0.4, -0.2) is 119 Å². The van der Waals surface area contributed by atoms with Crippen molar-refractivity contribution in [1.29, 1.82) is 0 Å². The lowest BCUT2D eigenvalue weighted by molar-refractivity contribution is -0.161. The van der Waals surface area contributed by atoms with E-state index in [0.29, 0.717) is 21.6 Å². The maximum absolute atomic E-state index is 14.8. The van der Waals surface area contributed by atoms with Gasteiger partial charge in [-0.15, -0.1) is 0 Å². The Morgan fingerprint density at radius 3 is 2.18 bits per heavy atom. The van der Waals surface area contributed by atoms with Gasteiger partial charge in [0.05, 0.1) is 29.3 Å². The Kier molecular flexibility index (Phi) is 15.5. The highest BCUT2D eigenvalue weighted by molar-refractivity contribution is 6.30. The summed E-state index contributed by atoms with van der Waals surface area (Å²) >= 11 is 5.91. The first-order valence-electron chi connectivity index (χ1n) is 19.7. The Balaban J connectivity index is 1.69. The number of hydrogen-bond acceptors (Lipinski definition) is 7. The van der Waals surface area contributed by atoms with Gasteiger partial charge in [-0.25, -0.2) is 4.79 Å². The number of amides is 5. The Hall–Kier alpha value is -4.88. The minimum absolute atomic E-state index is 0.0392. The Bertz CT molecular complexity index is 1970. The molecule has 0 spiro atoms. The van der Waals surface area contributed by atoms with Crippen LogP contribution in [0.15, 0.2) is 36.4 Å². The number of fused-ring (bicyclic) bond motifs is 1. The summed E-state index contributed by atoms with van der Waals surface area (Å²) in [4.78, 5) is 70.5. The van der Waals surface area contributed by atoms with E-state index >= 15 is 0 Å². The van der Waals surface area contributed by atoms with Crippen LogP contribution in [-0.2, 0) is 31.7 Å². The van der Waals surface area contributed by atoms with E-state index in [1.807, 2.05) is 5.32 Å². The zero-order valence-electron chi connectivity index (χ0n) is 35.2. The summed E-state index contributed by atoms with van der Waals surface area (Å²) in [6.07, 6.45) is -14.6. The van der Waals surface area contributed by atoms with E-state index < -0.39 is 121 Å². The lowest BCUT2D eigenvalue weighted by Crippen LogP contribution is -2.58. The summed E-state index contributed by atoms with van der Waals surface area (Å²) in [5.74, 6) is -4.89. The van der Waals surface area contributed by atoms with Crippen LogP contribution >= 0.6 is 11.6 Å². The molecule has 2 aliphatic heterocycles. The number of alkyl halides is 8. The number of benzene rings is 2. The van der Waals surface area contributed by atoms with E-state index in [2.05, 4.69) is 0 Å². The number of anilines is 1. The third-order valence-electron chi connectivity index (χ3n) is 10.1. The van der Waals surface area contributed by atoms with Gasteiger partial charge in [0, 0.05) is 43.3 Å². The van der Waals surface area contributed by atoms with Crippen LogP contribution in [0, 0.1) is 0 Å². The normalized spacial score (nSPS) is 18.0. The van der Waals surface area contributed by atoms with Crippen molar-refractivity contribution in [2.75, 3.05) is 37.6 Å². The summed E-state index contributed by atoms with van der Waals surface area (Å²) < 4.78 is 123. The second-order valence-electron chi connectivity index (χ2n) is 16.9. The number of piperidine rings is 1. The van der Waals surface area contributed by atoms with Gasteiger partial charge in [0.2, 0.25) is 5.91 Å². The molecule has 2 aliphatic rings. The molecule has 0 radical (unpaired) electrons. The van der Waals surface area contributed by atoms with E-state index in [9.17, 15) is 59.1 Å². The second-order valence-corrected chi connectivity index (χ2v) is 17.3. The van der Waals surface area contributed by atoms with Gasteiger partial charge < -0.3 is 34.4 Å². The number of nitrogens with zero attached hydrogens (tertiary/aromatic N) is 4. The number of carbonyl (C=O) groups excluding carboxylic acids is 5. The lowest BCUT2D eigenvalue weighted by Gasteiger charge is -2.46. The summed E-state index contributed by atoms with van der Waals surface area (Å²) in [6.45, 7) is 7.00. The van der Waals surface area contributed by atoms with Gasteiger partial charge in [-0.2, -0.15) is 35.1 Å². The summed E-state index contributed by atoms with van der Waals surface area (Å²) in [5, 5.41) is 2.30. The van der Waals surface area contributed by atoms with Crippen LogP contribution in [0.2, 0.25) is 5.02 Å². The lowest BCUT2D eigenvalue weighted by atomic mass is 9.92. The molecule has 0 bridgehead atoms. The van der Waals surface area contributed by atoms with Gasteiger partial charge in [-0.05, 0) is 97.6 Å². The topological polar surface area (TPSA) is 129 Å².